The molecule has 9 nitrogen and oxygen atoms in total. The van der Waals surface area contributed by atoms with Crippen molar-refractivity contribution in [1.82, 2.24) is 10.3 Å². The number of β-amino-alcohol motifs (C(OH)–C–C–N with tert-alkyl or cyclic N) is 1. The Morgan fingerprint density at radius 3 is 2.50 bits per heavy atom. The number of nitrogens with zero attached hydrogens (tertiary/aromatic N) is 2. The predicted octanol–water partition coefficient (Wildman–Crippen LogP) is 3.69. The summed E-state index contributed by atoms with van der Waals surface area (Å²) in [6, 6.07) is 13.4. The quantitative estimate of drug-likeness (QED) is 0.238. The average molecular weight is 558 g/mol. The lowest BCUT2D eigenvalue weighted by atomic mass is 9.92. The van der Waals surface area contributed by atoms with Crippen molar-refractivity contribution in [3.05, 3.63) is 53.7 Å². The smallest absolute Gasteiger partial charge is 0.331 e. The minimum Gasteiger partial charge on any atom is -0.476 e. The lowest BCUT2D eigenvalue weighted by Crippen LogP contribution is -2.54. The molecule has 10 heteroatoms. The van der Waals surface area contributed by atoms with Gasteiger partial charge in [-0.1, -0.05) is 44.2 Å². The number of carbonyl (C=O) groups excluding carboxylic acids is 2. The van der Waals surface area contributed by atoms with E-state index in [4.69, 9.17) is 14.2 Å². The maximum atomic E-state index is 13.3. The van der Waals surface area contributed by atoms with Gasteiger partial charge in [0, 0.05) is 19.5 Å². The number of esters is 1. The number of hydrogen-bond acceptors (Lipinski definition) is 8. The zero-order valence-corrected chi connectivity index (χ0v) is 23.3. The minimum atomic E-state index is -1.24. The summed E-state index contributed by atoms with van der Waals surface area (Å²) in [5.74, 6) is -0.0556. The van der Waals surface area contributed by atoms with Crippen molar-refractivity contribution in [2.45, 2.75) is 57.8 Å². The monoisotopic (exact) mass is 557 g/mol. The van der Waals surface area contributed by atoms with Gasteiger partial charge in [-0.2, -0.15) is 0 Å². The van der Waals surface area contributed by atoms with E-state index in [2.05, 4.69) is 10.3 Å². The van der Waals surface area contributed by atoms with Crippen LogP contribution in [0.15, 0.2) is 42.5 Å². The Balaban J connectivity index is 1.38. The summed E-state index contributed by atoms with van der Waals surface area (Å²) < 4.78 is 29.7. The van der Waals surface area contributed by atoms with Crippen LogP contribution in [0.5, 0.6) is 5.88 Å². The summed E-state index contributed by atoms with van der Waals surface area (Å²) in [4.78, 5) is 32.5. The van der Waals surface area contributed by atoms with Crippen molar-refractivity contribution in [1.29, 1.82) is 0 Å². The first kappa shape index (κ1) is 29.7. The number of nitrogens with one attached hydrogen (secondary N) is 1. The summed E-state index contributed by atoms with van der Waals surface area (Å²) >= 11 is 0. The van der Waals surface area contributed by atoms with Gasteiger partial charge < -0.3 is 29.5 Å². The van der Waals surface area contributed by atoms with Crippen LogP contribution in [0.4, 0.5) is 10.1 Å². The molecule has 0 bridgehead atoms. The second-order valence-electron chi connectivity index (χ2n) is 10.6. The second kappa shape index (κ2) is 13.9. The summed E-state index contributed by atoms with van der Waals surface area (Å²) in [5.41, 5.74) is 0.723. The number of carbonyl (C=O) groups is 2. The van der Waals surface area contributed by atoms with Gasteiger partial charge in [-0.15, -0.1) is 0 Å². The molecule has 218 valence electrons. The number of aliphatic hydroxyl groups is 1. The van der Waals surface area contributed by atoms with Crippen LogP contribution < -0.4 is 15.0 Å². The van der Waals surface area contributed by atoms with Crippen molar-refractivity contribution < 1.29 is 33.3 Å². The number of hydrogen-bond donors (Lipinski definition) is 2. The molecule has 2 fully saturated rings. The first-order chi connectivity index (χ1) is 19.4. The van der Waals surface area contributed by atoms with Gasteiger partial charge in [0.15, 0.2) is 0 Å². The first-order valence-corrected chi connectivity index (χ1v) is 14.1. The van der Waals surface area contributed by atoms with Crippen LogP contribution in [-0.2, 0) is 20.9 Å². The third-order valence-electron chi connectivity index (χ3n) is 7.68. The van der Waals surface area contributed by atoms with Gasteiger partial charge in [0.25, 0.3) is 5.91 Å². The van der Waals surface area contributed by atoms with E-state index in [1.54, 1.807) is 26.0 Å². The highest BCUT2D eigenvalue weighted by Crippen LogP contribution is 2.40. The van der Waals surface area contributed by atoms with Crippen LogP contribution in [0.25, 0.3) is 0 Å². The van der Waals surface area contributed by atoms with Gasteiger partial charge in [-0.05, 0) is 48.8 Å². The minimum absolute atomic E-state index is 0.0426. The van der Waals surface area contributed by atoms with Gasteiger partial charge in [0.1, 0.15) is 16.9 Å². The summed E-state index contributed by atoms with van der Waals surface area (Å²) in [6.07, 6.45) is 1.31. The highest BCUT2D eigenvalue weighted by Gasteiger charge is 2.40. The SMILES string of the molecule is CCC(CC)(NC(=O)c1ccc(N2CC(O)C2)c(OC[C@H]2C[C@@H]2COCc2ccccc2)n1)C(=O)OCCCF. The van der Waals surface area contributed by atoms with E-state index in [9.17, 15) is 19.1 Å². The molecule has 2 heterocycles. The van der Waals surface area contributed by atoms with Crippen molar-refractivity contribution in [3.8, 4) is 5.88 Å². The Kier molecular flexibility index (Phi) is 10.3. The Morgan fingerprint density at radius 1 is 1.10 bits per heavy atom. The number of rotatable bonds is 16. The molecule has 4 rings (SSSR count). The van der Waals surface area contributed by atoms with Gasteiger partial charge in [0.05, 0.1) is 39.2 Å². The maximum Gasteiger partial charge on any atom is 0.331 e. The van der Waals surface area contributed by atoms with Gasteiger partial charge in [-0.3, -0.25) is 9.18 Å². The normalized spacial score (nSPS) is 18.6. The summed E-state index contributed by atoms with van der Waals surface area (Å²) in [7, 11) is 0. The van der Waals surface area contributed by atoms with Crippen molar-refractivity contribution >= 4 is 17.6 Å². The molecule has 1 aliphatic carbocycles. The predicted molar refractivity (Wildman–Crippen MR) is 148 cm³/mol. The molecule has 1 aromatic carbocycles. The molecule has 1 saturated heterocycles. The lowest BCUT2D eigenvalue weighted by Gasteiger charge is -2.38. The van der Waals surface area contributed by atoms with Gasteiger partial charge >= 0.3 is 5.97 Å². The Hall–Kier alpha value is -3.24. The molecular weight excluding hydrogens is 517 g/mol. The lowest BCUT2D eigenvalue weighted by molar-refractivity contribution is -0.152. The second-order valence-corrected chi connectivity index (χ2v) is 10.6. The summed E-state index contributed by atoms with van der Waals surface area (Å²) in [6.45, 7) is 5.54. The van der Waals surface area contributed by atoms with E-state index < -0.39 is 30.2 Å². The highest BCUT2D eigenvalue weighted by molar-refractivity contribution is 5.97. The molecule has 1 amide bonds. The number of halogens is 1. The van der Waals surface area contributed by atoms with Crippen LogP contribution in [0.1, 0.15) is 55.6 Å². The third-order valence-corrected chi connectivity index (χ3v) is 7.68. The largest absolute Gasteiger partial charge is 0.476 e. The van der Waals surface area contributed by atoms with Crippen molar-refractivity contribution in [3.63, 3.8) is 0 Å². The third kappa shape index (κ3) is 7.48. The number of ether oxygens (including phenoxy) is 3. The zero-order chi connectivity index (χ0) is 28.5. The topological polar surface area (TPSA) is 110 Å². The molecule has 40 heavy (non-hydrogen) atoms. The molecule has 1 aromatic heterocycles. The molecule has 0 spiro atoms. The fourth-order valence-electron chi connectivity index (χ4n) is 4.77. The van der Waals surface area contributed by atoms with Crippen LogP contribution in [0, 0.1) is 11.8 Å². The molecule has 1 aliphatic heterocycles. The maximum absolute atomic E-state index is 13.3. The molecule has 2 atom stereocenters. The van der Waals surface area contributed by atoms with Gasteiger partial charge in [-0.25, -0.2) is 9.78 Å². The van der Waals surface area contributed by atoms with Gasteiger partial charge in [0.2, 0.25) is 5.88 Å². The Labute approximate surface area is 235 Å². The molecule has 2 aromatic rings. The fourth-order valence-corrected chi connectivity index (χ4v) is 4.77. The molecule has 0 radical (unpaired) electrons. The Morgan fingerprint density at radius 2 is 1.82 bits per heavy atom. The number of benzene rings is 1. The van der Waals surface area contributed by atoms with E-state index in [1.165, 1.54) is 0 Å². The highest BCUT2D eigenvalue weighted by atomic mass is 19.1. The number of anilines is 1. The van der Waals surface area contributed by atoms with E-state index in [0.29, 0.717) is 69.2 Å². The fraction of sp³-hybridized carbons (Fsp3) is 0.567. The van der Waals surface area contributed by atoms with E-state index in [-0.39, 0.29) is 18.7 Å². The first-order valence-electron chi connectivity index (χ1n) is 14.1. The van der Waals surface area contributed by atoms with E-state index >= 15 is 0 Å². The van der Waals surface area contributed by atoms with Crippen LogP contribution in [0.2, 0.25) is 0 Å². The number of pyridine rings is 1. The number of alkyl halides is 1. The van der Waals surface area contributed by atoms with Crippen molar-refractivity contribution in [2.75, 3.05) is 44.5 Å². The molecule has 2 aliphatic rings. The van der Waals surface area contributed by atoms with Crippen LogP contribution in [0.3, 0.4) is 0 Å². The molecular formula is C30H40FN3O6. The molecule has 0 unspecified atom stereocenters. The van der Waals surface area contributed by atoms with E-state index in [1.807, 2.05) is 35.2 Å². The molecule has 2 N–H and O–H groups in total. The van der Waals surface area contributed by atoms with E-state index in [0.717, 1.165) is 12.0 Å². The molecule has 1 saturated carbocycles. The van der Waals surface area contributed by atoms with Crippen LogP contribution in [-0.4, -0.2) is 73.2 Å². The zero-order valence-electron chi connectivity index (χ0n) is 23.3. The number of amides is 1. The Bertz CT molecular complexity index is 1120. The number of aromatic nitrogens is 1. The number of aliphatic hydroxyl groups excluding tert-OH is 1. The van der Waals surface area contributed by atoms with Crippen molar-refractivity contribution in [2.24, 2.45) is 11.8 Å². The standard InChI is InChI=1S/C30H40FN3O6/c1-3-30(4-2,29(37)39-14-8-13-31)33-27(36)25-11-12-26(34-16-24(35)17-34)28(32-25)40-20-23-15-22(23)19-38-18-21-9-6-5-7-10-21/h5-7,9-12,22-24,35H,3-4,8,13-20H2,1-2H3,(H,33,36)/t22-,23-/m1/s1. The van der Waals surface area contributed by atoms with Crippen LogP contribution >= 0.6 is 0 Å². The average Bonchev–Trinajstić information content (AvgIpc) is 3.71. The summed E-state index contributed by atoms with van der Waals surface area (Å²) in [5, 5.41) is 12.6.